The SMILES string of the molecule is CCc1cccc(-c2c(F)cccc2[C@](O)(CCCNC(=O)O)[C@@H]2CCCN(C(=O)[C@H](N)Cc3c[nH]c4ccccc34)C2)c1. The second-order valence-corrected chi connectivity index (χ2v) is 11.8. The quantitative estimate of drug-likeness (QED) is 0.144. The first-order valence-corrected chi connectivity index (χ1v) is 15.4. The highest BCUT2D eigenvalue weighted by Crippen LogP contribution is 2.44. The fourth-order valence-electron chi connectivity index (χ4n) is 6.66. The molecule has 6 N–H and O–H groups in total. The summed E-state index contributed by atoms with van der Waals surface area (Å²) in [6, 6.07) is 19.5. The number of halogens is 1. The lowest BCUT2D eigenvalue weighted by Crippen LogP contribution is -2.52. The van der Waals surface area contributed by atoms with E-state index in [0.29, 0.717) is 48.9 Å². The number of nitrogens with zero attached hydrogens (tertiary/aromatic N) is 1. The maximum absolute atomic E-state index is 15.7. The molecule has 0 bridgehead atoms. The Labute approximate surface area is 257 Å². The van der Waals surface area contributed by atoms with Crippen LogP contribution in [0.3, 0.4) is 0 Å². The number of aryl methyl sites for hydroxylation is 1. The highest BCUT2D eigenvalue weighted by molar-refractivity contribution is 5.86. The number of carboxylic acid groups (broad SMARTS) is 1. The molecule has 8 nitrogen and oxygen atoms in total. The van der Waals surface area contributed by atoms with Gasteiger partial charge in [-0.05, 0) is 72.9 Å². The number of nitrogens with two attached hydrogens (primary N) is 1. The van der Waals surface area contributed by atoms with Gasteiger partial charge in [0.15, 0.2) is 0 Å². The van der Waals surface area contributed by atoms with E-state index >= 15 is 4.39 Å². The smallest absolute Gasteiger partial charge is 0.404 e. The van der Waals surface area contributed by atoms with Crippen molar-refractivity contribution in [3.63, 3.8) is 0 Å². The zero-order chi connectivity index (χ0) is 31.3. The third-order valence-electron chi connectivity index (χ3n) is 8.96. The lowest BCUT2D eigenvalue weighted by atomic mass is 9.72. The van der Waals surface area contributed by atoms with Gasteiger partial charge in [-0.25, -0.2) is 9.18 Å². The minimum absolute atomic E-state index is 0.137. The molecule has 1 aliphatic rings. The van der Waals surface area contributed by atoms with Gasteiger partial charge < -0.3 is 31.1 Å². The van der Waals surface area contributed by atoms with Crippen LogP contribution >= 0.6 is 0 Å². The van der Waals surface area contributed by atoms with E-state index in [1.165, 1.54) is 6.07 Å². The third-order valence-corrected chi connectivity index (χ3v) is 8.96. The lowest BCUT2D eigenvalue weighted by molar-refractivity contribution is -0.138. The predicted molar refractivity (Wildman–Crippen MR) is 170 cm³/mol. The number of nitrogens with one attached hydrogen (secondary N) is 2. The molecule has 0 unspecified atom stereocenters. The number of likely N-dealkylation sites (tertiary alicyclic amines) is 1. The summed E-state index contributed by atoms with van der Waals surface area (Å²) in [5.74, 6) is -1.05. The maximum atomic E-state index is 15.7. The minimum atomic E-state index is -1.53. The molecular weight excluding hydrogens is 559 g/mol. The van der Waals surface area contributed by atoms with Crippen molar-refractivity contribution in [2.75, 3.05) is 19.6 Å². The maximum Gasteiger partial charge on any atom is 0.404 e. The first kappa shape index (κ1) is 31.2. The Hall–Kier alpha value is -4.21. The molecule has 0 saturated carbocycles. The Morgan fingerprint density at radius 2 is 1.95 bits per heavy atom. The summed E-state index contributed by atoms with van der Waals surface area (Å²) in [7, 11) is 0. The average molecular weight is 601 g/mol. The summed E-state index contributed by atoms with van der Waals surface area (Å²) in [6.45, 7) is 2.94. The van der Waals surface area contributed by atoms with Crippen LogP contribution in [0.1, 0.15) is 49.3 Å². The number of aliphatic hydroxyl groups is 1. The molecule has 3 atom stereocenters. The average Bonchev–Trinajstić information content (AvgIpc) is 3.45. The van der Waals surface area contributed by atoms with Gasteiger partial charge in [0.25, 0.3) is 0 Å². The van der Waals surface area contributed by atoms with Crippen LogP contribution in [0.2, 0.25) is 0 Å². The van der Waals surface area contributed by atoms with Crippen molar-refractivity contribution in [1.29, 1.82) is 0 Å². The largest absolute Gasteiger partial charge is 0.465 e. The van der Waals surface area contributed by atoms with Gasteiger partial charge >= 0.3 is 6.09 Å². The Bertz CT molecular complexity index is 1620. The van der Waals surface area contributed by atoms with Crippen molar-refractivity contribution in [3.05, 3.63) is 95.4 Å². The zero-order valence-electron chi connectivity index (χ0n) is 25.1. The predicted octanol–water partition coefficient (Wildman–Crippen LogP) is 5.58. The molecule has 232 valence electrons. The van der Waals surface area contributed by atoms with E-state index in [0.717, 1.165) is 28.5 Å². The Morgan fingerprint density at radius 1 is 1.16 bits per heavy atom. The van der Waals surface area contributed by atoms with E-state index in [1.54, 1.807) is 17.0 Å². The van der Waals surface area contributed by atoms with Crippen molar-refractivity contribution < 1.29 is 24.2 Å². The third kappa shape index (κ3) is 6.64. The van der Waals surface area contributed by atoms with E-state index in [4.69, 9.17) is 10.8 Å². The van der Waals surface area contributed by atoms with Crippen molar-refractivity contribution in [2.45, 2.75) is 57.1 Å². The van der Waals surface area contributed by atoms with E-state index in [-0.39, 0.29) is 25.4 Å². The number of benzene rings is 3. The van der Waals surface area contributed by atoms with Crippen LogP contribution in [0.5, 0.6) is 0 Å². The minimum Gasteiger partial charge on any atom is -0.465 e. The summed E-state index contributed by atoms with van der Waals surface area (Å²) in [4.78, 5) is 29.8. The topological polar surface area (TPSA) is 132 Å². The Kier molecular flexibility index (Phi) is 9.66. The standard InChI is InChI=1S/C35H41FN4O4/c1-2-23-9-5-10-24(19-23)32-28(13-6-14-29(32)36)35(44,16-8-17-38-34(42)43)26-11-7-18-40(22-26)33(41)30(37)20-25-21-39-31-15-4-3-12-27(25)31/h3-6,9-10,12-15,19,21,26,30,38-39,44H,2,7-8,11,16-18,20,22,37H2,1H3,(H,42,43)/t26-,30-,35+/m1/s1. The number of carbonyl (C=O) groups excluding carboxylic acids is 1. The number of carbonyl (C=O) groups is 2. The zero-order valence-corrected chi connectivity index (χ0v) is 25.1. The van der Waals surface area contributed by atoms with Crippen LogP contribution in [0, 0.1) is 11.7 Å². The van der Waals surface area contributed by atoms with E-state index in [2.05, 4.69) is 10.3 Å². The molecule has 0 spiro atoms. The number of rotatable bonds is 11. The van der Waals surface area contributed by atoms with E-state index in [1.807, 2.05) is 61.7 Å². The van der Waals surface area contributed by atoms with Gasteiger partial charge in [-0.15, -0.1) is 0 Å². The van der Waals surface area contributed by atoms with Gasteiger partial charge in [0.2, 0.25) is 5.91 Å². The van der Waals surface area contributed by atoms with Gasteiger partial charge in [0.1, 0.15) is 5.82 Å². The molecular formula is C35H41FN4O4. The number of hydrogen-bond donors (Lipinski definition) is 5. The molecule has 5 rings (SSSR count). The van der Waals surface area contributed by atoms with Crippen LogP contribution in [0.15, 0.2) is 72.9 Å². The van der Waals surface area contributed by atoms with Crippen LogP contribution < -0.4 is 11.1 Å². The number of fused-ring (bicyclic) bond motifs is 1. The highest BCUT2D eigenvalue weighted by atomic mass is 19.1. The number of piperidine rings is 1. The number of hydrogen-bond acceptors (Lipinski definition) is 4. The number of H-pyrrole nitrogens is 1. The number of para-hydroxylation sites is 1. The molecule has 3 aromatic carbocycles. The van der Waals surface area contributed by atoms with Gasteiger partial charge in [-0.1, -0.05) is 61.5 Å². The molecule has 9 heteroatoms. The fourth-order valence-corrected chi connectivity index (χ4v) is 6.66. The summed E-state index contributed by atoms with van der Waals surface area (Å²) in [6.07, 6.45) is 3.69. The van der Waals surface area contributed by atoms with Crippen LogP contribution in [0.4, 0.5) is 9.18 Å². The summed E-state index contributed by atoms with van der Waals surface area (Å²) >= 11 is 0. The van der Waals surface area contributed by atoms with Gasteiger partial charge in [0.05, 0.1) is 11.6 Å². The molecule has 1 fully saturated rings. The molecule has 44 heavy (non-hydrogen) atoms. The molecule has 1 aromatic heterocycles. The van der Waals surface area contributed by atoms with E-state index < -0.39 is 29.5 Å². The lowest BCUT2D eigenvalue weighted by Gasteiger charge is -2.44. The normalized spacial score (nSPS) is 17.3. The summed E-state index contributed by atoms with van der Waals surface area (Å²) < 4.78 is 15.7. The Morgan fingerprint density at radius 3 is 2.75 bits per heavy atom. The molecule has 4 aromatic rings. The van der Waals surface area contributed by atoms with Crippen molar-refractivity contribution >= 4 is 22.9 Å². The number of amides is 2. The second kappa shape index (κ2) is 13.6. The van der Waals surface area contributed by atoms with Gasteiger partial charge in [-0.2, -0.15) is 0 Å². The molecule has 1 saturated heterocycles. The summed E-state index contributed by atoms with van der Waals surface area (Å²) in [5.41, 5.74) is 9.41. The molecule has 2 heterocycles. The second-order valence-electron chi connectivity index (χ2n) is 11.8. The first-order chi connectivity index (χ1) is 21.2. The highest BCUT2D eigenvalue weighted by Gasteiger charge is 2.43. The summed E-state index contributed by atoms with van der Waals surface area (Å²) in [5, 5.41) is 25.1. The Balaban J connectivity index is 1.44. The van der Waals surface area contributed by atoms with Crippen molar-refractivity contribution in [3.8, 4) is 11.1 Å². The van der Waals surface area contributed by atoms with Crippen molar-refractivity contribution in [2.24, 2.45) is 11.7 Å². The number of aromatic amines is 1. The van der Waals surface area contributed by atoms with Crippen molar-refractivity contribution in [1.82, 2.24) is 15.2 Å². The molecule has 0 aliphatic carbocycles. The van der Waals surface area contributed by atoms with Gasteiger partial charge in [-0.3, -0.25) is 4.79 Å². The number of aromatic nitrogens is 1. The molecule has 1 aliphatic heterocycles. The van der Waals surface area contributed by atoms with Crippen LogP contribution in [0.25, 0.3) is 22.0 Å². The first-order valence-electron chi connectivity index (χ1n) is 15.4. The fraction of sp³-hybridized carbons (Fsp3) is 0.371. The van der Waals surface area contributed by atoms with Crippen LogP contribution in [-0.2, 0) is 23.2 Å². The van der Waals surface area contributed by atoms with E-state index in [9.17, 15) is 14.7 Å². The van der Waals surface area contributed by atoms with Crippen LogP contribution in [-0.4, -0.2) is 57.8 Å². The van der Waals surface area contributed by atoms with Gasteiger partial charge in [0, 0.05) is 48.2 Å². The molecule has 2 amide bonds. The monoisotopic (exact) mass is 600 g/mol. The molecule has 0 radical (unpaired) electrons.